The summed E-state index contributed by atoms with van der Waals surface area (Å²) in [4.78, 5) is 4.50. The van der Waals surface area contributed by atoms with Crippen molar-refractivity contribution in [2.24, 2.45) is 0 Å². The second-order valence-corrected chi connectivity index (χ2v) is 6.54. The van der Waals surface area contributed by atoms with Crippen LogP contribution in [0.1, 0.15) is 23.2 Å². The summed E-state index contributed by atoms with van der Waals surface area (Å²) in [6, 6.07) is 10.2. The fourth-order valence-electron chi connectivity index (χ4n) is 3.35. The van der Waals surface area contributed by atoms with E-state index in [0.29, 0.717) is 17.9 Å². The van der Waals surface area contributed by atoms with Gasteiger partial charge in [-0.1, -0.05) is 18.2 Å². The molecule has 4 rings (SSSR count). The van der Waals surface area contributed by atoms with Crippen molar-refractivity contribution in [1.82, 2.24) is 30.0 Å². The number of likely N-dealkylation sites (N-methyl/N-ethyl adjacent to an activating group) is 1. The summed E-state index contributed by atoms with van der Waals surface area (Å²) < 4.78 is 21.7. The van der Waals surface area contributed by atoms with Gasteiger partial charge in [0, 0.05) is 31.7 Å². The molecule has 0 radical (unpaired) electrons. The van der Waals surface area contributed by atoms with Gasteiger partial charge in [0.05, 0.1) is 6.26 Å². The molecule has 2 aromatic heterocycles. The molecule has 1 atom stereocenters. The topological polar surface area (TPSA) is 63.2 Å². The number of piperazine rings is 1. The number of benzene rings is 1. The van der Waals surface area contributed by atoms with E-state index in [2.05, 4.69) is 32.4 Å². The van der Waals surface area contributed by atoms with Crippen molar-refractivity contribution in [3.8, 4) is 0 Å². The van der Waals surface area contributed by atoms with Gasteiger partial charge >= 0.3 is 0 Å². The largest absolute Gasteiger partial charge is 0.467 e. The lowest BCUT2D eigenvalue weighted by Crippen LogP contribution is -2.47. The summed E-state index contributed by atoms with van der Waals surface area (Å²) in [5.74, 6) is 1.13. The number of nitrogens with zero attached hydrogens (tertiary/aromatic N) is 6. The van der Waals surface area contributed by atoms with Crippen molar-refractivity contribution in [3.63, 3.8) is 0 Å². The number of furan rings is 1. The van der Waals surface area contributed by atoms with E-state index in [1.807, 2.05) is 24.3 Å². The zero-order valence-corrected chi connectivity index (χ0v) is 14.6. The second-order valence-electron chi connectivity index (χ2n) is 6.54. The Bertz CT molecular complexity index is 841. The van der Waals surface area contributed by atoms with E-state index in [-0.39, 0.29) is 11.9 Å². The van der Waals surface area contributed by atoms with Crippen molar-refractivity contribution in [3.05, 3.63) is 65.6 Å². The van der Waals surface area contributed by atoms with Gasteiger partial charge < -0.3 is 9.32 Å². The van der Waals surface area contributed by atoms with E-state index in [0.717, 1.165) is 31.9 Å². The Balaban J connectivity index is 1.72. The van der Waals surface area contributed by atoms with Gasteiger partial charge in [0.2, 0.25) is 0 Å². The third kappa shape index (κ3) is 3.38. The maximum atomic E-state index is 14.6. The van der Waals surface area contributed by atoms with Crippen LogP contribution in [0.2, 0.25) is 0 Å². The van der Waals surface area contributed by atoms with Crippen LogP contribution >= 0.6 is 0 Å². The van der Waals surface area contributed by atoms with Crippen LogP contribution in [-0.4, -0.2) is 63.2 Å². The Hall–Kier alpha value is -2.58. The quantitative estimate of drug-likeness (QED) is 0.695. The number of hydrogen-bond acceptors (Lipinski definition) is 6. The Morgan fingerprint density at radius 3 is 2.65 bits per heavy atom. The van der Waals surface area contributed by atoms with Crippen molar-refractivity contribution >= 4 is 0 Å². The molecule has 0 N–H and O–H groups in total. The van der Waals surface area contributed by atoms with Gasteiger partial charge in [0.1, 0.15) is 24.2 Å². The first-order valence-corrected chi connectivity index (χ1v) is 8.68. The Morgan fingerprint density at radius 2 is 1.92 bits per heavy atom. The molecule has 136 valence electrons. The summed E-state index contributed by atoms with van der Waals surface area (Å²) in [5, 5.41) is 12.2. The zero-order chi connectivity index (χ0) is 17.9. The van der Waals surface area contributed by atoms with Crippen LogP contribution in [0.4, 0.5) is 4.39 Å². The lowest BCUT2D eigenvalue weighted by atomic mass is 10.0. The van der Waals surface area contributed by atoms with Gasteiger partial charge in [-0.05, 0) is 35.7 Å². The summed E-state index contributed by atoms with van der Waals surface area (Å²) >= 11 is 0. The monoisotopic (exact) mass is 356 g/mol. The number of rotatable bonds is 5. The summed E-state index contributed by atoms with van der Waals surface area (Å²) in [7, 11) is 2.09. The molecule has 0 unspecified atom stereocenters. The normalized spacial score (nSPS) is 17.5. The van der Waals surface area contributed by atoms with Gasteiger partial charge in [-0.25, -0.2) is 9.07 Å². The molecule has 1 fully saturated rings. The Morgan fingerprint density at radius 1 is 1.12 bits per heavy atom. The van der Waals surface area contributed by atoms with E-state index in [1.54, 1.807) is 17.0 Å². The lowest BCUT2D eigenvalue weighted by Gasteiger charge is -2.37. The molecule has 0 saturated carbocycles. The molecule has 1 saturated heterocycles. The number of tetrazole rings is 1. The molecule has 1 aliphatic rings. The first kappa shape index (κ1) is 16.9. The van der Waals surface area contributed by atoms with E-state index >= 15 is 0 Å². The molecular weight excluding hydrogens is 335 g/mol. The summed E-state index contributed by atoms with van der Waals surface area (Å²) in [5.41, 5.74) is 0.590. The van der Waals surface area contributed by atoms with Crippen molar-refractivity contribution in [2.45, 2.75) is 12.6 Å². The molecule has 8 heteroatoms. The third-order valence-corrected chi connectivity index (χ3v) is 4.79. The average Bonchev–Trinajstić information content (AvgIpc) is 3.31. The third-order valence-electron chi connectivity index (χ3n) is 4.79. The minimum Gasteiger partial charge on any atom is -0.467 e. The lowest BCUT2D eigenvalue weighted by molar-refractivity contribution is 0.120. The maximum absolute atomic E-state index is 14.6. The van der Waals surface area contributed by atoms with Gasteiger partial charge in [-0.15, -0.1) is 5.10 Å². The van der Waals surface area contributed by atoms with Crippen LogP contribution in [-0.2, 0) is 6.54 Å². The second kappa shape index (κ2) is 7.35. The van der Waals surface area contributed by atoms with E-state index in [1.165, 1.54) is 6.07 Å². The van der Waals surface area contributed by atoms with Crippen LogP contribution in [0, 0.1) is 5.82 Å². The smallest absolute Gasteiger partial charge is 0.173 e. The van der Waals surface area contributed by atoms with Gasteiger partial charge in [-0.3, -0.25) is 4.90 Å². The summed E-state index contributed by atoms with van der Waals surface area (Å²) in [6.07, 6.45) is 1.62. The number of halogens is 1. The fourth-order valence-corrected chi connectivity index (χ4v) is 3.35. The van der Waals surface area contributed by atoms with Gasteiger partial charge in [-0.2, -0.15) is 0 Å². The van der Waals surface area contributed by atoms with Crippen LogP contribution in [0.15, 0.2) is 47.1 Å². The highest BCUT2D eigenvalue weighted by Crippen LogP contribution is 2.30. The molecule has 7 nitrogen and oxygen atoms in total. The molecule has 3 heterocycles. The molecule has 1 aliphatic heterocycles. The van der Waals surface area contributed by atoms with Crippen molar-refractivity contribution in [1.29, 1.82) is 0 Å². The number of aromatic nitrogens is 4. The van der Waals surface area contributed by atoms with Gasteiger partial charge in [0.25, 0.3) is 0 Å². The molecular formula is C18H21FN6O. The average molecular weight is 356 g/mol. The zero-order valence-electron chi connectivity index (χ0n) is 14.6. The first-order chi connectivity index (χ1) is 12.7. The Kier molecular flexibility index (Phi) is 4.77. The van der Waals surface area contributed by atoms with E-state index in [9.17, 15) is 4.39 Å². The minimum absolute atomic E-state index is 0.246. The fraction of sp³-hybridized carbons (Fsp3) is 0.389. The highest BCUT2D eigenvalue weighted by Gasteiger charge is 2.31. The molecule has 1 aromatic carbocycles. The highest BCUT2D eigenvalue weighted by atomic mass is 19.1. The van der Waals surface area contributed by atoms with Crippen molar-refractivity contribution in [2.75, 3.05) is 33.2 Å². The predicted molar refractivity (Wildman–Crippen MR) is 92.9 cm³/mol. The molecule has 3 aromatic rings. The van der Waals surface area contributed by atoms with Gasteiger partial charge in [0.15, 0.2) is 5.82 Å². The van der Waals surface area contributed by atoms with Crippen molar-refractivity contribution < 1.29 is 8.81 Å². The molecule has 26 heavy (non-hydrogen) atoms. The van der Waals surface area contributed by atoms with Crippen LogP contribution < -0.4 is 0 Å². The SMILES string of the molecule is CN1CCN([C@@H](c2ccccc2F)c2nnnn2Cc2ccco2)CC1. The standard InChI is InChI=1S/C18H21FN6O/c1-23-8-10-24(11-9-23)17(15-6-2-3-7-16(15)19)18-20-21-22-25(18)13-14-5-4-12-26-14/h2-7,12,17H,8-11,13H2,1H3/t17-/m0/s1. The maximum Gasteiger partial charge on any atom is 0.173 e. The molecule has 0 aliphatic carbocycles. The molecule has 0 spiro atoms. The van der Waals surface area contributed by atoms with E-state index < -0.39 is 0 Å². The van der Waals surface area contributed by atoms with Crippen LogP contribution in [0.5, 0.6) is 0 Å². The molecule has 0 bridgehead atoms. The predicted octanol–water partition coefficient (Wildman–Crippen LogP) is 1.79. The first-order valence-electron chi connectivity index (χ1n) is 8.68. The number of hydrogen-bond donors (Lipinski definition) is 0. The molecule has 0 amide bonds. The highest BCUT2D eigenvalue weighted by molar-refractivity contribution is 5.27. The minimum atomic E-state index is -0.338. The Labute approximate surface area is 151 Å². The van der Waals surface area contributed by atoms with E-state index in [4.69, 9.17) is 4.42 Å². The van der Waals surface area contributed by atoms with Crippen LogP contribution in [0.25, 0.3) is 0 Å². The van der Waals surface area contributed by atoms with Crippen LogP contribution in [0.3, 0.4) is 0 Å². The summed E-state index contributed by atoms with van der Waals surface area (Å²) in [6.45, 7) is 3.90.